The van der Waals surface area contributed by atoms with Crippen molar-refractivity contribution in [1.29, 1.82) is 0 Å². The van der Waals surface area contributed by atoms with E-state index in [-0.39, 0.29) is 16.8 Å². The van der Waals surface area contributed by atoms with Gasteiger partial charge in [0.2, 0.25) is 15.9 Å². The number of fused-ring (bicyclic) bond motifs is 1. The van der Waals surface area contributed by atoms with Gasteiger partial charge in [0.25, 0.3) is 0 Å². The number of hydrogen-bond acceptors (Lipinski definition) is 3. The number of sulfonamides is 1. The average Bonchev–Trinajstić information content (AvgIpc) is 2.77. The van der Waals surface area contributed by atoms with E-state index in [1.807, 2.05) is 0 Å². The number of carbonyl (C=O) groups excluding carboxylic acids is 1. The molecule has 1 aliphatic rings. The number of benzene rings is 1. The van der Waals surface area contributed by atoms with E-state index in [4.69, 9.17) is 0 Å². The van der Waals surface area contributed by atoms with Crippen LogP contribution >= 0.6 is 15.9 Å². The Morgan fingerprint density at radius 2 is 2.10 bits per heavy atom. The SMILES string of the molecule is CCC(=O)N1CCc2cc(Br)c(S(=O)(=O)NC(C)C)cc21. The Kier molecular flexibility index (Phi) is 4.75. The zero-order valence-electron chi connectivity index (χ0n) is 12.3. The van der Waals surface area contributed by atoms with Gasteiger partial charge in [-0.1, -0.05) is 6.92 Å². The molecule has 1 aliphatic heterocycles. The van der Waals surface area contributed by atoms with Crippen molar-refractivity contribution in [3.8, 4) is 0 Å². The summed E-state index contributed by atoms with van der Waals surface area (Å²) in [6.07, 6.45) is 1.15. The highest BCUT2D eigenvalue weighted by Crippen LogP contribution is 2.35. The Hall–Kier alpha value is -0.920. The fraction of sp³-hybridized carbons (Fsp3) is 0.500. The fourth-order valence-corrected chi connectivity index (χ4v) is 4.78. The van der Waals surface area contributed by atoms with Crippen LogP contribution in [0.4, 0.5) is 5.69 Å². The molecule has 0 spiro atoms. The first-order chi connectivity index (χ1) is 9.76. The van der Waals surface area contributed by atoms with Crippen LogP contribution in [0.2, 0.25) is 0 Å². The lowest BCUT2D eigenvalue weighted by Crippen LogP contribution is -2.31. The van der Waals surface area contributed by atoms with E-state index < -0.39 is 10.0 Å². The van der Waals surface area contributed by atoms with Gasteiger partial charge in [0.1, 0.15) is 0 Å². The number of amides is 1. The molecule has 1 amide bonds. The van der Waals surface area contributed by atoms with Crippen molar-refractivity contribution < 1.29 is 13.2 Å². The minimum atomic E-state index is -3.60. The fourth-order valence-electron chi connectivity index (χ4n) is 2.42. The minimum absolute atomic E-state index is 0.0104. The van der Waals surface area contributed by atoms with Crippen molar-refractivity contribution in [2.24, 2.45) is 0 Å². The molecule has 1 aromatic carbocycles. The van der Waals surface area contributed by atoms with Crippen molar-refractivity contribution in [3.05, 3.63) is 22.2 Å². The summed E-state index contributed by atoms with van der Waals surface area (Å²) in [6.45, 7) is 5.95. The highest BCUT2D eigenvalue weighted by molar-refractivity contribution is 9.10. The van der Waals surface area contributed by atoms with Crippen LogP contribution in [0.1, 0.15) is 32.8 Å². The highest BCUT2D eigenvalue weighted by atomic mass is 79.9. The lowest BCUT2D eigenvalue weighted by Gasteiger charge is -2.18. The monoisotopic (exact) mass is 374 g/mol. The third-order valence-corrected chi connectivity index (χ3v) is 5.93. The summed E-state index contributed by atoms with van der Waals surface area (Å²) >= 11 is 3.33. The van der Waals surface area contributed by atoms with Crippen LogP contribution in [0, 0.1) is 0 Å². The van der Waals surface area contributed by atoms with Crippen LogP contribution < -0.4 is 9.62 Å². The highest BCUT2D eigenvalue weighted by Gasteiger charge is 2.28. The summed E-state index contributed by atoms with van der Waals surface area (Å²) in [6, 6.07) is 3.20. The van der Waals surface area contributed by atoms with E-state index in [2.05, 4.69) is 20.7 Å². The van der Waals surface area contributed by atoms with Gasteiger partial charge in [-0.25, -0.2) is 13.1 Å². The molecule has 2 rings (SSSR count). The maximum atomic E-state index is 12.4. The molecule has 7 heteroatoms. The molecule has 0 atom stereocenters. The molecule has 116 valence electrons. The van der Waals surface area contributed by atoms with Gasteiger partial charge in [-0.15, -0.1) is 0 Å². The molecule has 0 aliphatic carbocycles. The van der Waals surface area contributed by atoms with Gasteiger partial charge in [0.15, 0.2) is 0 Å². The standard InChI is InChI=1S/C14H19BrN2O3S/c1-4-14(18)17-6-5-10-7-11(15)13(8-12(10)17)21(19,20)16-9(2)3/h7-9,16H,4-6H2,1-3H3. The first-order valence-corrected chi connectivity index (χ1v) is 9.19. The largest absolute Gasteiger partial charge is 0.312 e. The molecule has 1 N–H and O–H groups in total. The Bertz CT molecular complexity index is 671. The maximum absolute atomic E-state index is 12.4. The molecule has 0 fully saturated rings. The molecule has 0 saturated heterocycles. The van der Waals surface area contributed by atoms with E-state index in [1.165, 1.54) is 0 Å². The summed E-state index contributed by atoms with van der Waals surface area (Å²) in [4.78, 5) is 13.8. The van der Waals surface area contributed by atoms with Gasteiger partial charge in [0.05, 0.1) is 4.90 Å². The molecule has 1 aromatic rings. The normalized spacial score (nSPS) is 14.6. The second-order valence-corrected chi connectivity index (χ2v) is 7.87. The quantitative estimate of drug-likeness (QED) is 0.879. The van der Waals surface area contributed by atoms with E-state index in [1.54, 1.807) is 37.8 Å². The van der Waals surface area contributed by atoms with Gasteiger partial charge >= 0.3 is 0 Å². The van der Waals surface area contributed by atoms with Gasteiger partial charge < -0.3 is 4.90 Å². The number of nitrogens with zero attached hydrogens (tertiary/aromatic N) is 1. The summed E-state index contributed by atoms with van der Waals surface area (Å²) in [7, 11) is -3.60. The van der Waals surface area contributed by atoms with Crippen molar-refractivity contribution in [3.63, 3.8) is 0 Å². The van der Waals surface area contributed by atoms with Crippen LogP contribution in [0.25, 0.3) is 0 Å². The Balaban J connectivity index is 2.49. The molecular formula is C14H19BrN2O3S. The number of nitrogens with one attached hydrogen (secondary N) is 1. The Labute approximate surface area is 133 Å². The number of halogens is 1. The molecule has 0 aromatic heterocycles. The first-order valence-electron chi connectivity index (χ1n) is 6.91. The molecule has 5 nitrogen and oxygen atoms in total. The zero-order valence-corrected chi connectivity index (χ0v) is 14.7. The summed E-state index contributed by atoms with van der Waals surface area (Å²) in [5, 5.41) is 0. The number of rotatable bonds is 4. The predicted molar refractivity (Wildman–Crippen MR) is 85.9 cm³/mol. The molecule has 0 unspecified atom stereocenters. The van der Waals surface area contributed by atoms with Gasteiger partial charge in [-0.3, -0.25) is 4.79 Å². The van der Waals surface area contributed by atoms with Crippen LogP contribution in [-0.2, 0) is 21.2 Å². The third-order valence-electron chi connectivity index (χ3n) is 3.31. The van der Waals surface area contributed by atoms with Crippen molar-refractivity contribution in [1.82, 2.24) is 4.72 Å². The summed E-state index contributed by atoms with van der Waals surface area (Å²) in [5.74, 6) is 0.0104. The van der Waals surface area contributed by atoms with Crippen LogP contribution in [0.3, 0.4) is 0 Å². The smallest absolute Gasteiger partial charge is 0.241 e. The predicted octanol–water partition coefficient (Wildman–Crippen LogP) is 2.43. The van der Waals surface area contributed by atoms with Crippen molar-refractivity contribution >= 4 is 37.5 Å². The van der Waals surface area contributed by atoms with E-state index >= 15 is 0 Å². The number of hydrogen-bond donors (Lipinski definition) is 1. The first kappa shape index (κ1) is 16.5. The minimum Gasteiger partial charge on any atom is -0.312 e. The van der Waals surface area contributed by atoms with Crippen molar-refractivity contribution in [2.45, 2.75) is 44.6 Å². The second kappa shape index (κ2) is 6.06. The maximum Gasteiger partial charge on any atom is 0.241 e. The molecular weight excluding hydrogens is 356 g/mol. The number of anilines is 1. The van der Waals surface area contributed by atoms with Crippen molar-refractivity contribution in [2.75, 3.05) is 11.4 Å². The van der Waals surface area contributed by atoms with Gasteiger partial charge in [-0.2, -0.15) is 0 Å². The van der Waals surface area contributed by atoms with Crippen LogP contribution in [0.15, 0.2) is 21.5 Å². The lowest BCUT2D eigenvalue weighted by atomic mass is 10.2. The molecule has 21 heavy (non-hydrogen) atoms. The third kappa shape index (κ3) is 3.30. The number of carbonyl (C=O) groups is 1. The van der Waals surface area contributed by atoms with Crippen LogP contribution in [-0.4, -0.2) is 26.9 Å². The average molecular weight is 375 g/mol. The topological polar surface area (TPSA) is 66.5 Å². The summed E-state index contributed by atoms with van der Waals surface area (Å²) in [5.41, 5.74) is 1.70. The van der Waals surface area contributed by atoms with E-state index in [9.17, 15) is 13.2 Å². The Morgan fingerprint density at radius 3 is 2.67 bits per heavy atom. The molecule has 0 radical (unpaired) electrons. The summed E-state index contributed by atoms with van der Waals surface area (Å²) < 4.78 is 27.8. The molecule has 0 saturated carbocycles. The second-order valence-electron chi connectivity index (χ2n) is 5.34. The van der Waals surface area contributed by atoms with Crippen LogP contribution in [0.5, 0.6) is 0 Å². The van der Waals surface area contributed by atoms with Gasteiger partial charge in [0, 0.05) is 29.2 Å². The van der Waals surface area contributed by atoms with E-state index in [0.29, 0.717) is 23.1 Å². The zero-order chi connectivity index (χ0) is 15.8. The lowest BCUT2D eigenvalue weighted by molar-refractivity contribution is -0.118. The van der Waals surface area contributed by atoms with Gasteiger partial charge in [-0.05, 0) is 53.9 Å². The Morgan fingerprint density at radius 1 is 1.43 bits per heavy atom. The molecule has 0 bridgehead atoms. The van der Waals surface area contributed by atoms with E-state index in [0.717, 1.165) is 12.0 Å². The molecule has 1 heterocycles.